The normalized spacial score (nSPS) is 14.9. The van der Waals surface area contributed by atoms with E-state index < -0.39 is 0 Å². The van der Waals surface area contributed by atoms with E-state index >= 15 is 0 Å². The van der Waals surface area contributed by atoms with Crippen molar-refractivity contribution in [2.24, 2.45) is 5.92 Å². The van der Waals surface area contributed by atoms with Crippen molar-refractivity contribution in [2.45, 2.75) is 25.8 Å². The minimum Gasteiger partial charge on any atom is -0.342 e. The summed E-state index contributed by atoms with van der Waals surface area (Å²) in [5.41, 5.74) is 1.25. The summed E-state index contributed by atoms with van der Waals surface area (Å²) in [6.45, 7) is 4.26. The van der Waals surface area contributed by atoms with E-state index in [0.717, 1.165) is 44.9 Å². The molecule has 0 spiro atoms. The first-order chi connectivity index (χ1) is 10.7. The van der Waals surface area contributed by atoms with Crippen molar-refractivity contribution in [1.29, 1.82) is 0 Å². The standard InChI is InChI=1S/C18H29N3O.2ClH/c1-19-11-8-16-9-12-21(13-10-16)18(22)15-20(2)14-17-6-4-3-5-7-17;;/h3-7,16,19H,8-15H2,1-2H3;2*1H. The lowest BCUT2D eigenvalue weighted by Crippen LogP contribution is -2.43. The third-order valence-electron chi connectivity index (χ3n) is 4.47. The van der Waals surface area contributed by atoms with Gasteiger partial charge >= 0.3 is 0 Å². The minimum absolute atomic E-state index is 0. The van der Waals surface area contributed by atoms with E-state index in [0.29, 0.717) is 6.54 Å². The second-order valence-corrected chi connectivity index (χ2v) is 6.37. The second kappa shape index (κ2) is 12.5. The number of likely N-dealkylation sites (tertiary alicyclic amines) is 1. The van der Waals surface area contributed by atoms with Gasteiger partial charge in [0.15, 0.2) is 0 Å². The number of amides is 1. The molecule has 138 valence electrons. The third kappa shape index (κ3) is 7.84. The average molecular weight is 376 g/mol. The number of nitrogens with one attached hydrogen (secondary N) is 1. The van der Waals surface area contributed by atoms with Gasteiger partial charge in [-0.2, -0.15) is 0 Å². The van der Waals surface area contributed by atoms with Gasteiger partial charge in [-0.3, -0.25) is 9.69 Å². The first-order valence-electron chi connectivity index (χ1n) is 8.34. The zero-order valence-electron chi connectivity index (χ0n) is 14.7. The Bertz CT molecular complexity index is 451. The topological polar surface area (TPSA) is 35.6 Å². The highest BCUT2D eigenvalue weighted by molar-refractivity contribution is 5.85. The highest BCUT2D eigenvalue weighted by atomic mass is 35.5. The molecule has 1 aliphatic heterocycles. The number of carbonyl (C=O) groups is 1. The van der Waals surface area contributed by atoms with Gasteiger partial charge in [-0.25, -0.2) is 0 Å². The molecule has 0 aromatic heterocycles. The van der Waals surface area contributed by atoms with Crippen LogP contribution in [-0.2, 0) is 11.3 Å². The molecule has 1 aliphatic rings. The van der Waals surface area contributed by atoms with Crippen LogP contribution in [0.15, 0.2) is 30.3 Å². The molecule has 4 nitrogen and oxygen atoms in total. The molecule has 0 radical (unpaired) electrons. The number of benzene rings is 1. The van der Waals surface area contributed by atoms with E-state index in [1.807, 2.05) is 37.2 Å². The number of carbonyl (C=O) groups excluding carboxylic acids is 1. The summed E-state index contributed by atoms with van der Waals surface area (Å²) in [6.07, 6.45) is 3.53. The molecular formula is C18H31Cl2N3O. The zero-order valence-corrected chi connectivity index (χ0v) is 16.4. The Kier molecular flexibility index (Phi) is 12.1. The van der Waals surface area contributed by atoms with Crippen LogP contribution in [0.25, 0.3) is 0 Å². The average Bonchev–Trinajstić information content (AvgIpc) is 2.54. The quantitative estimate of drug-likeness (QED) is 0.795. The Balaban J connectivity index is 0.00000264. The van der Waals surface area contributed by atoms with Crippen molar-refractivity contribution >= 4 is 30.7 Å². The molecule has 6 heteroatoms. The van der Waals surface area contributed by atoms with Crippen LogP contribution < -0.4 is 5.32 Å². The van der Waals surface area contributed by atoms with Crippen molar-refractivity contribution < 1.29 is 4.79 Å². The molecule has 0 atom stereocenters. The van der Waals surface area contributed by atoms with Gasteiger partial charge in [-0.15, -0.1) is 24.8 Å². The summed E-state index contributed by atoms with van der Waals surface area (Å²) in [7, 11) is 4.02. The molecule has 0 bridgehead atoms. The van der Waals surface area contributed by atoms with Crippen molar-refractivity contribution in [2.75, 3.05) is 40.3 Å². The largest absolute Gasteiger partial charge is 0.342 e. The molecule has 1 amide bonds. The lowest BCUT2D eigenvalue weighted by atomic mass is 9.93. The van der Waals surface area contributed by atoms with E-state index in [-0.39, 0.29) is 30.7 Å². The molecule has 0 unspecified atom stereocenters. The van der Waals surface area contributed by atoms with E-state index in [9.17, 15) is 4.79 Å². The van der Waals surface area contributed by atoms with Crippen LogP contribution in [0.2, 0.25) is 0 Å². The summed E-state index contributed by atoms with van der Waals surface area (Å²) >= 11 is 0. The summed E-state index contributed by atoms with van der Waals surface area (Å²) in [6, 6.07) is 10.3. The number of piperidine rings is 1. The minimum atomic E-state index is 0. The van der Waals surface area contributed by atoms with Gasteiger partial charge in [0.1, 0.15) is 0 Å². The van der Waals surface area contributed by atoms with Crippen molar-refractivity contribution in [3.8, 4) is 0 Å². The molecular weight excluding hydrogens is 345 g/mol. The lowest BCUT2D eigenvalue weighted by molar-refractivity contribution is -0.133. The van der Waals surface area contributed by atoms with Crippen molar-refractivity contribution in [3.05, 3.63) is 35.9 Å². The maximum absolute atomic E-state index is 12.4. The fraction of sp³-hybridized carbons (Fsp3) is 0.611. The second-order valence-electron chi connectivity index (χ2n) is 6.37. The van der Waals surface area contributed by atoms with Gasteiger partial charge in [0, 0.05) is 19.6 Å². The summed E-state index contributed by atoms with van der Waals surface area (Å²) in [5, 5.41) is 3.21. The number of hydrogen-bond acceptors (Lipinski definition) is 3. The number of hydrogen-bond donors (Lipinski definition) is 1. The van der Waals surface area contributed by atoms with Gasteiger partial charge in [-0.1, -0.05) is 30.3 Å². The Hall–Kier alpha value is -0.810. The molecule has 1 heterocycles. The van der Waals surface area contributed by atoms with Crippen molar-refractivity contribution in [1.82, 2.24) is 15.1 Å². The van der Waals surface area contributed by atoms with Gasteiger partial charge in [0.2, 0.25) is 5.91 Å². The number of rotatable bonds is 7. The molecule has 24 heavy (non-hydrogen) atoms. The molecule has 1 aromatic carbocycles. The van der Waals surface area contributed by atoms with E-state index in [2.05, 4.69) is 22.3 Å². The highest BCUT2D eigenvalue weighted by Crippen LogP contribution is 2.20. The summed E-state index contributed by atoms with van der Waals surface area (Å²) < 4.78 is 0. The van der Waals surface area contributed by atoms with Crippen molar-refractivity contribution in [3.63, 3.8) is 0 Å². The van der Waals surface area contributed by atoms with E-state index in [1.54, 1.807) is 0 Å². The Labute approximate surface area is 158 Å². The fourth-order valence-corrected chi connectivity index (χ4v) is 3.10. The number of nitrogens with zero attached hydrogens (tertiary/aromatic N) is 2. The number of likely N-dealkylation sites (N-methyl/N-ethyl adjacent to an activating group) is 1. The zero-order chi connectivity index (χ0) is 15.8. The van der Waals surface area contributed by atoms with Gasteiger partial charge < -0.3 is 10.2 Å². The summed E-state index contributed by atoms with van der Waals surface area (Å²) in [5.74, 6) is 1.05. The van der Waals surface area contributed by atoms with Crippen LogP contribution in [0.4, 0.5) is 0 Å². The molecule has 1 aromatic rings. The molecule has 0 saturated carbocycles. The molecule has 0 aliphatic carbocycles. The van der Waals surface area contributed by atoms with E-state index in [4.69, 9.17) is 0 Å². The van der Waals surface area contributed by atoms with Crippen LogP contribution in [0.1, 0.15) is 24.8 Å². The smallest absolute Gasteiger partial charge is 0.236 e. The maximum Gasteiger partial charge on any atom is 0.236 e. The molecule has 2 rings (SSSR count). The summed E-state index contributed by atoms with van der Waals surface area (Å²) in [4.78, 5) is 16.5. The van der Waals surface area contributed by atoms with Crippen LogP contribution in [0.3, 0.4) is 0 Å². The Morgan fingerprint density at radius 2 is 1.83 bits per heavy atom. The molecule has 1 fully saturated rings. The molecule has 1 N–H and O–H groups in total. The van der Waals surface area contributed by atoms with Gasteiger partial charge in [0.25, 0.3) is 0 Å². The Morgan fingerprint density at radius 1 is 1.21 bits per heavy atom. The van der Waals surface area contributed by atoms with Gasteiger partial charge in [0.05, 0.1) is 6.54 Å². The maximum atomic E-state index is 12.4. The number of halogens is 2. The van der Waals surface area contributed by atoms with Gasteiger partial charge in [-0.05, 0) is 51.4 Å². The predicted octanol–water partition coefficient (Wildman–Crippen LogP) is 2.81. The molecule has 1 saturated heterocycles. The monoisotopic (exact) mass is 375 g/mol. The van der Waals surface area contributed by atoms with Crippen LogP contribution in [-0.4, -0.2) is 56.0 Å². The Morgan fingerprint density at radius 3 is 2.42 bits per heavy atom. The SMILES string of the molecule is CNCCC1CCN(C(=O)CN(C)Cc2ccccc2)CC1.Cl.Cl. The first-order valence-corrected chi connectivity index (χ1v) is 8.34. The predicted molar refractivity (Wildman–Crippen MR) is 105 cm³/mol. The van der Waals surface area contributed by atoms with Crippen LogP contribution >= 0.6 is 24.8 Å². The van der Waals surface area contributed by atoms with E-state index in [1.165, 1.54) is 12.0 Å². The highest BCUT2D eigenvalue weighted by Gasteiger charge is 2.22. The lowest BCUT2D eigenvalue weighted by Gasteiger charge is -2.33. The van der Waals surface area contributed by atoms with Crippen LogP contribution in [0, 0.1) is 5.92 Å². The fourth-order valence-electron chi connectivity index (χ4n) is 3.10. The third-order valence-corrected chi connectivity index (χ3v) is 4.47. The van der Waals surface area contributed by atoms with Crippen LogP contribution in [0.5, 0.6) is 0 Å². The first kappa shape index (κ1) is 23.2.